The number of nitrogens with zero attached hydrogens (tertiary/aromatic N) is 4. The molecule has 0 aliphatic carbocycles. The molecule has 0 aromatic carbocycles. The van der Waals surface area contributed by atoms with Crippen LogP contribution in [0.1, 0.15) is 37.7 Å². The smallest absolute Gasteiger partial charge is 0.194 e. The first-order valence-corrected chi connectivity index (χ1v) is 11.1. The van der Waals surface area contributed by atoms with Gasteiger partial charge in [-0.3, -0.25) is 4.68 Å². The SMILES string of the molecule is CCNC(=NCc1c(C)nn(CCOC)c1C)N1CCS(=O)(=O)C(C)(C)C1. The Labute approximate surface area is 162 Å². The minimum Gasteiger partial charge on any atom is -0.383 e. The van der Waals surface area contributed by atoms with Crippen molar-refractivity contribution in [3.8, 4) is 0 Å². The lowest BCUT2D eigenvalue weighted by molar-refractivity contribution is 0.182. The van der Waals surface area contributed by atoms with Crippen molar-refractivity contribution in [2.75, 3.05) is 39.1 Å². The van der Waals surface area contributed by atoms with Gasteiger partial charge in [0.05, 0.1) is 35.9 Å². The Morgan fingerprint density at radius 1 is 1.37 bits per heavy atom. The highest BCUT2D eigenvalue weighted by molar-refractivity contribution is 7.92. The van der Waals surface area contributed by atoms with Crippen molar-refractivity contribution in [1.29, 1.82) is 0 Å². The quantitative estimate of drug-likeness (QED) is 0.570. The van der Waals surface area contributed by atoms with Crippen LogP contribution < -0.4 is 5.32 Å². The van der Waals surface area contributed by atoms with Crippen molar-refractivity contribution in [2.45, 2.75) is 52.5 Å². The van der Waals surface area contributed by atoms with Gasteiger partial charge in [0, 0.05) is 38.0 Å². The fourth-order valence-electron chi connectivity index (χ4n) is 3.26. The standard InChI is InChI=1S/C18H33N5O3S/c1-7-19-17(22-9-11-27(24,25)18(4,5)13-22)20-12-16-14(2)21-23(15(16)3)8-10-26-6/h7-13H2,1-6H3,(H,19,20). The predicted molar refractivity (Wildman–Crippen MR) is 108 cm³/mol. The predicted octanol–water partition coefficient (Wildman–Crippen LogP) is 1.12. The molecule has 0 unspecified atom stereocenters. The highest BCUT2D eigenvalue weighted by Crippen LogP contribution is 2.24. The molecule has 1 aliphatic rings. The van der Waals surface area contributed by atoms with Gasteiger partial charge in [-0.2, -0.15) is 5.10 Å². The van der Waals surface area contributed by atoms with Crippen LogP contribution in [0.2, 0.25) is 0 Å². The van der Waals surface area contributed by atoms with Crippen LogP contribution in [0.5, 0.6) is 0 Å². The highest BCUT2D eigenvalue weighted by Gasteiger charge is 2.40. The molecule has 9 heteroatoms. The molecule has 1 aliphatic heterocycles. The van der Waals surface area contributed by atoms with Crippen molar-refractivity contribution in [1.82, 2.24) is 20.0 Å². The number of aliphatic imine (C=N–C) groups is 1. The summed E-state index contributed by atoms with van der Waals surface area (Å²) in [6.07, 6.45) is 0. The summed E-state index contributed by atoms with van der Waals surface area (Å²) in [4.78, 5) is 6.83. The summed E-state index contributed by atoms with van der Waals surface area (Å²) in [5, 5.41) is 7.88. The fraction of sp³-hybridized carbons (Fsp3) is 0.778. The van der Waals surface area contributed by atoms with Gasteiger partial charge in [0.1, 0.15) is 0 Å². The molecule has 0 atom stereocenters. The second-order valence-electron chi connectivity index (χ2n) is 7.54. The van der Waals surface area contributed by atoms with E-state index in [-0.39, 0.29) is 5.75 Å². The topological polar surface area (TPSA) is 88.8 Å². The normalized spacial score (nSPS) is 19.3. The number of aromatic nitrogens is 2. The van der Waals surface area contributed by atoms with E-state index in [1.165, 1.54) is 0 Å². The van der Waals surface area contributed by atoms with Crippen LogP contribution in [-0.4, -0.2) is 72.9 Å². The van der Waals surface area contributed by atoms with E-state index in [4.69, 9.17) is 9.73 Å². The number of aryl methyl sites for hydroxylation is 1. The number of hydrogen-bond donors (Lipinski definition) is 1. The Morgan fingerprint density at radius 2 is 2.07 bits per heavy atom. The molecule has 1 saturated heterocycles. The lowest BCUT2D eigenvalue weighted by atomic mass is 10.2. The molecule has 0 spiro atoms. The lowest BCUT2D eigenvalue weighted by Crippen LogP contribution is -2.57. The molecule has 1 fully saturated rings. The van der Waals surface area contributed by atoms with Gasteiger partial charge < -0.3 is 15.0 Å². The van der Waals surface area contributed by atoms with Gasteiger partial charge in [0.15, 0.2) is 15.8 Å². The van der Waals surface area contributed by atoms with Crippen LogP contribution in [-0.2, 0) is 27.7 Å². The number of nitrogens with one attached hydrogen (secondary N) is 1. The first-order valence-electron chi connectivity index (χ1n) is 9.40. The van der Waals surface area contributed by atoms with E-state index >= 15 is 0 Å². The van der Waals surface area contributed by atoms with Gasteiger partial charge in [0.25, 0.3) is 0 Å². The molecule has 154 valence electrons. The third kappa shape index (κ3) is 4.82. The summed E-state index contributed by atoms with van der Waals surface area (Å²) in [5.74, 6) is 0.904. The number of methoxy groups -OCH3 is 1. The van der Waals surface area contributed by atoms with Crippen LogP contribution in [0.25, 0.3) is 0 Å². The molecular formula is C18H33N5O3S. The van der Waals surface area contributed by atoms with E-state index in [1.807, 2.05) is 30.4 Å². The fourth-order valence-corrected chi connectivity index (χ4v) is 4.63. The van der Waals surface area contributed by atoms with E-state index in [0.29, 0.717) is 32.8 Å². The number of sulfone groups is 1. The van der Waals surface area contributed by atoms with Gasteiger partial charge in [-0.05, 0) is 34.6 Å². The summed E-state index contributed by atoms with van der Waals surface area (Å²) >= 11 is 0. The Hall–Kier alpha value is -1.61. The first-order chi connectivity index (χ1) is 12.6. The molecule has 1 aromatic rings. The third-order valence-corrected chi connectivity index (χ3v) is 7.64. The molecule has 8 nitrogen and oxygen atoms in total. The highest BCUT2D eigenvalue weighted by atomic mass is 32.2. The molecule has 27 heavy (non-hydrogen) atoms. The average Bonchev–Trinajstić information content (AvgIpc) is 2.86. The third-order valence-electron chi connectivity index (χ3n) is 5.10. The Balaban J connectivity index is 2.21. The number of ether oxygens (including phenoxy) is 1. The van der Waals surface area contributed by atoms with Gasteiger partial charge in [-0.1, -0.05) is 0 Å². The summed E-state index contributed by atoms with van der Waals surface area (Å²) in [5.41, 5.74) is 3.15. The van der Waals surface area contributed by atoms with Crippen LogP contribution in [0.4, 0.5) is 0 Å². The molecule has 1 aromatic heterocycles. The molecule has 0 amide bonds. The molecule has 2 heterocycles. The number of guanidine groups is 1. The zero-order valence-corrected chi connectivity index (χ0v) is 18.2. The Morgan fingerprint density at radius 3 is 2.67 bits per heavy atom. The van der Waals surface area contributed by atoms with Gasteiger partial charge in [-0.25, -0.2) is 13.4 Å². The van der Waals surface area contributed by atoms with E-state index in [9.17, 15) is 8.42 Å². The van der Waals surface area contributed by atoms with Crippen molar-refractivity contribution in [2.24, 2.45) is 4.99 Å². The lowest BCUT2D eigenvalue weighted by Gasteiger charge is -2.39. The van der Waals surface area contributed by atoms with Crippen LogP contribution >= 0.6 is 0 Å². The minimum absolute atomic E-state index is 0.150. The number of rotatable bonds is 6. The largest absolute Gasteiger partial charge is 0.383 e. The summed E-state index contributed by atoms with van der Waals surface area (Å²) in [7, 11) is -1.40. The summed E-state index contributed by atoms with van der Waals surface area (Å²) in [6, 6.07) is 0. The van der Waals surface area contributed by atoms with Crippen molar-refractivity contribution < 1.29 is 13.2 Å². The van der Waals surface area contributed by atoms with Crippen LogP contribution in [0.15, 0.2) is 4.99 Å². The molecule has 1 N–H and O–H groups in total. The van der Waals surface area contributed by atoms with E-state index in [2.05, 4.69) is 10.4 Å². The Kier molecular flexibility index (Phi) is 6.91. The van der Waals surface area contributed by atoms with Crippen molar-refractivity contribution in [3.63, 3.8) is 0 Å². The summed E-state index contributed by atoms with van der Waals surface area (Å²) in [6.45, 7) is 13.1. The van der Waals surface area contributed by atoms with Crippen LogP contribution in [0, 0.1) is 13.8 Å². The van der Waals surface area contributed by atoms with E-state index < -0.39 is 14.6 Å². The maximum absolute atomic E-state index is 12.3. The second-order valence-corrected chi connectivity index (χ2v) is 10.3. The molecule has 0 radical (unpaired) electrons. The van der Waals surface area contributed by atoms with Crippen LogP contribution in [0.3, 0.4) is 0 Å². The van der Waals surface area contributed by atoms with E-state index in [1.54, 1.807) is 21.0 Å². The molecular weight excluding hydrogens is 366 g/mol. The van der Waals surface area contributed by atoms with Crippen molar-refractivity contribution in [3.05, 3.63) is 17.0 Å². The molecule has 0 bridgehead atoms. The zero-order valence-electron chi connectivity index (χ0n) is 17.4. The maximum atomic E-state index is 12.3. The minimum atomic E-state index is -3.08. The summed E-state index contributed by atoms with van der Waals surface area (Å²) < 4.78 is 30.9. The van der Waals surface area contributed by atoms with E-state index in [0.717, 1.165) is 29.5 Å². The monoisotopic (exact) mass is 399 g/mol. The van der Waals surface area contributed by atoms with Gasteiger partial charge >= 0.3 is 0 Å². The first kappa shape index (κ1) is 21.7. The molecule has 0 saturated carbocycles. The average molecular weight is 400 g/mol. The second kappa shape index (κ2) is 8.60. The number of hydrogen-bond acceptors (Lipinski definition) is 5. The molecule has 2 rings (SSSR count). The maximum Gasteiger partial charge on any atom is 0.194 e. The Bertz CT molecular complexity index is 783. The van der Waals surface area contributed by atoms with Gasteiger partial charge in [-0.15, -0.1) is 0 Å². The zero-order chi connectivity index (χ0) is 20.2. The van der Waals surface area contributed by atoms with Gasteiger partial charge in [0.2, 0.25) is 0 Å². The van der Waals surface area contributed by atoms with Crippen molar-refractivity contribution >= 4 is 15.8 Å².